The van der Waals surface area contributed by atoms with Gasteiger partial charge in [-0.1, -0.05) is 6.07 Å². The van der Waals surface area contributed by atoms with Gasteiger partial charge in [0, 0.05) is 6.20 Å². The summed E-state index contributed by atoms with van der Waals surface area (Å²) in [6.07, 6.45) is -1.97. The zero-order valence-electron chi connectivity index (χ0n) is 13.0. The molecule has 0 radical (unpaired) electrons. The molecular formula is C14H11F2N7O2S. The lowest BCUT2D eigenvalue weighted by Gasteiger charge is -2.06. The number of hydrazine groups is 1. The number of carbonyl (C=O) groups excluding carboxylic acids is 2. The van der Waals surface area contributed by atoms with E-state index in [2.05, 4.69) is 20.4 Å². The molecule has 0 fully saturated rings. The molecule has 12 heteroatoms. The minimum absolute atomic E-state index is 0.0918. The molecule has 0 unspecified atom stereocenters. The summed E-state index contributed by atoms with van der Waals surface area (Å²) in [4.78, 5) is 28.8. The van der Waals surface area contributed by atoms with E-state index >= 15 is 0 Å². The fourth-order valence-electron chi connectivity index (χ4n) is 1.86. The maximum atomic E-state index is 12.0. The van der Waals surface area contributed by atoms with Gasteiger partial charge in [0.2, 0.25) is 5.82 Å². The van der Waals surface area contributed by atoms with Gasteiger partial charge in [-0.25, -0.2) is 0 Å². The number of hydrogen-bond acceptors (Lipinski definition) is 7. The summed E-state index contributed by atoms with van der Waals surface area (Å²) in [5.41, 5.74) is 4.13. The van der Waals surface area contributed by atoms with E-state index in [0.29, 0.717) is 11.5 Å². The van der Waals surface area contributed by atoms with E-state index in [-0.39, 0.29) is 12.1 Å². The van der Waals surface area contributed by atoms with E-state index in [1.807, 2.05) is 22.9 Å². The Kier molecular flexibility index (Phi) is 5.22. The number of aromatic nitrogens is 5. The van der Waals surface area contributed by atoms with E-state index < -0.39 is 18.2 Å². The third-order valence-electron chi connectivity index (χ3n) is 3.08. The Balaban J connectivity index is 1.59. The fourth-order valence-corrected chi connectivity index (χ4v) is 2.50. The highest BCUT2D eigenvalue weighted by Crippen LogP contribution is 2.19. The molecule has 0 aliphatic rings. The van der Waals surface area contributed by atoms with Gasteiger partial charge >= 0.3 is 12.3 Å². The summed E-state index contributed by atoms with van der Waals surface area (Å²) in [5, 5.41) is 14.0. The summed E-state index contributed by atoms with van der Waals surface area (Å²) in [6, 6.07) is 6.75. The summed E-state index contributed by atoms with van der Waals surface area (Å²) in [5.74, 6) is -1.86. The zero-order chi connectivity index (χ0) is 18.5. The van der Waals surface area contributed by atoms with Crippen LogP contribution in [-0.2, 0) is 11.3 Å². The number of thiophene rings is 1. The third-order valence-corrected chi connectivity index (χ3v) is 3.95. The lowest BCUT2D eigenvalue weighted by atomic mass is 10.2. The average molecular weight is 379 g/mol. The number of hydrogen-bond donors (Lipinski definition) is 2. The summed E-state index contributed by atoms with van der Waals surface area (Å²) in [6.45, 7) is 0.238. The van der Waals surface area contributed by atoms with Gasteiger partial charge in [-0.15, -0.1) is 21.5 Å². The highest BCUT2D eigenvalue weighted by atomic mass is 32.1. The number of alkyl halides is 2. The van der Waals surface area contributed by atoms with Crippen LogP contribution in [0.4, 0.5) is 8.78 Å². The molecule has 0 aliphatic heterocycles. The molecule has 0 spiro atoms. The van der Waals surface area contributed by atoms with Crippen molar-refractivity contribution in [2.24, 2.45) is 0 Å². The summed E-state index contributed by atoms with van der Waals surface area (Å²) in [7, 11) is 0. The topological polar surface area (TPSA) is 115 Å². The first-order valence-corrected chi connectivity index (χ1v) is 8.06. The highest BCUT2D eigenvalue weighted by Gasteiger charge is 2.16. The van der Waals surface area contributed by atoms with Crippen molar-refractivity contribution in [2.45, 2.75) is 13.0 Å². The molecule has 2 amide bonds. The van der Waals surface area contributed by atoms with Gasteiger partial charge in [0.05, 0.1) is 16.1 Å². The molecular weight excluding hydrogens is 368 g/mol. The number of rotatable bonds is 5. The van der Waals surface area contributed by atoms with Gasteiger partial charge in [0.15, 0.2) is 0 Å². The molecule has 3 aromatic rings. The van der Waals surface area contributed by atoms with Gasteiger partial charge < -0.3 is 0 Å². The number of carbonyl (C=O) groups is 2. The maximum absolute atomic E-state index is 12.0. The summed E-state index contributed by atoms with van der Waals surface area (Å²) < 4.78 is 24.1. The predicted molar refractivity (Wildman–Crippen MR) is 86.1 cm³/mol. The van der Waals surface area contributed by atoms with Gasteiger partial charge in [-0.3, -0.25) is 25.4 Å². The third kappa shape index (κ3) is 4.22. The molecule has 9 nitrogen and oxygen atoms in total. The molecule has 2 N–H and O–H groups in total. The van der Waals surface area contributed by atoms with Crippen molar-refractivity contribution in [3.8, 4) is 10.7 Å². The molecule has 0 atom stereocenters. The zero-order valence-corrected chi connectivity index (χ0v) is 13.8. The van der Waals surface area contributed by atoms with Crippen LogP contribution in [0.25, 0.3) is 10.7 Å². The SMILES string of the molecule is O=C(NNC(=O)C(F)F)c1ccc(Cn2nnc(-c3cccs3)n2)nc1. The minimum Gasteiger partial charge on any atom is -0.267 e. The van der Waals surface area contributed by atoms with Crippen molar-refractivity contribution in [3.63, 3.8) is 0 Å². The van der Waals surface area contributed by atoms with Crippen LogP contribution in [0.5, 0.6) is 0 Å². The Morgan fingerprint density at radius 1 is 1.23 bits per heavy atom. The lowest BCUT2D eigenvalue weighted by Crippen LogP contribution is -2.44. The molecule has 0 bridgehead atoms. The first-order chi connectivity index (χ1) is 12.5. The Morgan fingerprint density at radius 2 is 2.08 bits per heavy atom. The number of amides is 2. The van der Waals surface area contributed by atoms with Crippen LogP contribution < -0.4 is 10.9 Å². The second-order valence-electron chi connectivity index (χ2n) is 4.90. The van der Waals surface area contributed by atoms with Crippen LogP contribution in [-0.4, -0.2) is 43.4 Å². The van der Waals surface area contributed by atoms with Gasteiger partial charge in [0.1, 0.15) is 6.54 Å². The first-order valence-electron chi connectivity index (χ1n) is 7.18. The number of halogens is 2. The highest BCUT2D eigenvalue weighted by molar-refractivity contribution is 7.13. The van der Waals surface area contributed by atoms with E-state index in [0.717, 1.165) is 4.88 Å². The second-order valence-corrected chi connectivity index (χ2v) is 5.85. The van der Waals surface area contributed by atoms with E-state index in [1.54, 1.807) is 11.5 Å². The van der Waals surface area contributed by atoms with Crippen molar-refractivity contribution in [1.82, 2.24) is 36.0 Å². The number of pyridine rings is 1. The minimum atomic E-state index is -3.22. The van der Waals surface area contributed by atoms with Gasteiger partial charge in [-0.2, -0.15) is 13.6 Å². The first kappa shape index (κ1) is 17.5. The van der Waals surface area contributed by atoms with Crippen LogP contribution in [0.1, 0.15) is 16.1 Å². The van der Waals surface area contributed by atoms with Crippen molar-refractivity contribution in [2.75, 3.05) is 0 Å². The van der Waals surface area contributed by atoms with E-state index in [1.165, 1.54) is 28.4 Å². The van der Waals surface area contributed by atoms with Crippen molar-refractivity contribution < 1.29 is 18.4 Å². The van der Waals surface area contributed by atoms with Crippen molar-refractivity contribution >= 4 is 23.2 Å². The standard InChI is InChI=1S/C14H11F2N7O2S/c15-11(16)14(25)20-19-13(24)8-3-4-9(17-6-8)7-23-21-12(18-22-23)10-2-1-5-26-10/h1-6,11H,7H2,(H,19,24)(H,20,25). The molecule has 0 aromatic carbocycles. The summed E-state index contributed by atoms with van der Waals surface area (Å²) >= 11 is 1.49. The van der Waals surface area contributed by atoms with Crippen LogP contribution in [0.3, 0.4) is 0 Å². The predicted octanol–water partition coefficient (Wildman–Crippen LogP) is 0.871. The van der Waals surface area contributed by atoms with Crippen molar-refractivity contribution in [3.05, 3.63) is 47.1 Å². The second kappa shape index (κ2) is 7.74. The molecule has 3 rings (SSSR count). The van der Waals surface area contributed by atoms with E-state index in [4.69, 9.17) is 0 Å². The Morgan fingerprint density at radius 3 is 2.73 bits per heavy atom. The molecule has 26 heavy (non-hydrogen) atoms. The van der Waals surface area contributed by atoms with Gasteiger partial charge in [0.25, 0.3) is 5.91 Å². The molecule has 3 aromatic heterocycles. The lowest BCUT2D eigenvalue weighted by molar-refractivity contribution is -0.132. The number of nitrogens with one attached hydrogen (secondary N) is 2. The van der Waals surface area contributed by atoms with E-state index in [9.17, 15) is 18.4 Å². The fraction of sp³-hybridized carbons (Fsp3) is 0.143. The maximum Gasteiger partial charge on any atom is 0.317 e. The molecule has 0 saturated carbocycles. The van der Waals surface area contributed by atoms with Crippen molar-refractivity contribution in [1.29, 1.82) is 0 Å². The van der Waals surface area contributed by atoms with Crippen LogP contribution >= 0.6 is 11.3 Å². The number of nitrogens with zero attached hydrogens (tertiary/aromatic N) is 5. The molecule has 0 saturated heterocycles. The molecule has 3 heterocycles. The van der Waals surface area contributed by atoms with Gasteiger partial charge in [-0.05, 0) is 28.8 Å². The molecule has 0 aliphatic carbocycles. The average Bonchev–Trinajstić information content (AvgIpc) is 3.31. The normalized spacial score (nSPS) is 10.7. The quantitative estimate of drug-likeness (QED) is 0.636. The van der Waals surface area contributed by atoms with Crippen LogP contribution in [0.15, 0.2) is 35.8 Å². The Hall–Kier alpha value is -3.28. The monoisotopic (exact) mass is 379 g/mol. The Bertz CT molecular complexity index is 896. The Labute approximate surface area is 149 Å². The van der Waals surface area contributed by atoms with Crippen LogP contribution in [0, 0.1) is 0 Å². The smallest absolute Gasteiger partial charge is 0.267 e. The van der Waals surface area contributed by atoms with Crippen LogP contribution in [0.2, 0.25) is 0 Å². The largest absolute Gasteiger partial charge is 0.317 e. The number of tetrazole rings is 1. The molecule has 134 valence electrons.